The van der Waals surface area contributed by atoms with E-state index in [9.17, 15) is 0 Å². The molecule has 25 heavy (non-hydrogen) atoms. The summed E-state index contributed by atoms with van der Waals surface area (Å²) in [7, 11) is 2.23. The van der Waals surface area contributed by atoms with Crippen molar-refractivity contribution in [2.75, 3.05) is 20.1 Å². The molecule has 0 saturated carbocycles. The number of piperidine rings is 1. The maximum absolute atomic E-state index is 4.92. The zero-order valence-electron chi connectivity index (χ0n) is 14.2. The summed E-state index contributed by atoms with van der Waals surface area (Å²) < 4.78 is 3.46. The SMILES string of the molecule is CN1CCC(C2c3ncc(Br)cc3CCc3cc(Br)cc(Br)c32)CC1. The fourth-order valence-corrected chi connectivity index (χ4v) is 6.33. The van der Waals surface area contributed by atoms with E-state index < -0.39 is 0 Å². The Morgan fingerprint density at radius 1 is 0.960 bits per heavy atom. The van der Waals surface area contributed by atoms with Crippen molar-refractivity contribution in [2.45, 2.75) is 31.6 Å². The number of benzene rings is 1. The van der Waals surface area contributed by atoms with Gasteiger partial charge in [0.05, 0.1) is 5.69 Å². The van der Waals surface area contributed by atoms with Crippen LogP contribution in [0.25, 0.3) is 0 Å². The Bertz CT molecular complexity index is 798. The quantitative estimate of drug-likeness (QED) is 0.455. The molecule has 5 heteroatoms. The summed E-state index contributed by atoms with van der Waals surface area (Å²) in [5.41, 5.74) is 5.61. The summed E-state index contributed by atoms with van der Waals surface area (Å²) in [6.07, 6.45) is 6.57. The van der Waals surface area contributed by atoms with Crippen molar-refractivity contribution >= 4 is 47.8 Å². The number of hydrogen-bond acceptors (Lipinski definition) is 2. The topological polar surface area (TPSA) is 16.1 Å². The first-order valence-electron chi connectivity index (χ1n) is 8.83. The van der Waals surface area contributed by atoms with Crippen molar-refractivity contribution in [3.05, 3.63) is 60.2 Å². The predicted octanol–water partition coefficient (Wildman–Crippen LogP) is 5.94. The van der Waals surface area contributed by atoms with Gasteiger partial charge in [-0.1, -0.05) is 31.9 Å². The van der Waals surface area contributed by atoms with Crippen molar-refractivity contribution in [1.29, 1.82) is 0 Å². The molecule has 1 aromatic heterocycles. The van der Waals surface area contributed by atoms with Gasteiger partial charge in [0.15, 0.2) is 0 Å². The second kappa shape index (κ2) is 7.41. The lowest BCUT2D eigenvalue weighted by Gasteiger charge is -2.35. The minimum Gasteiger partial charge on any atom is -0.306 e. The Morgan fingerprint density at radius 3 is 2.40 bits per heavy atom. The van der Waals surface area contributed by atoms with Gasteiger partial charge in [-0.25, -0.2) is 0 Å². The highest BCUT2D eigenvalue weighted by Gasteiger charge is 2.34. The van der Waals surface area contributed by atoms with E-state index in [2.05, 4.69) is 77.9 Å². The minimum atomic E-state index is 0.386. The Hall–Kier alpha value is -0.230. The summed E-state index contributed by atoms with van der Waals surface area (Å²) >= 11 is 11.2. The molecular weight excluding hydrogens is 508 g/mol. The minimum absolute atomic E-state index is 0.386. The van der Waals surface area contributed by atoms with Crippen LogP contribution in [0.4, 0.5) is 0 Å². The van der Waals surface area contributed by atoms with E-state index >= 15 is 0 Å². The average Bonchev–Trinajstić information content (AvgIpc) is 2.72. The number of nitrogens with zero attached hydrogens (tertiary/aromatic N) is 2. The van der Waals surface area contributed by atoms with Gasteiger partial charge in [0.25, 0.3) is 0 Å². The van der Waals surface area contributed by atoms with Crippen LogP contribution in [0.15, 0.2) is 37.8 Å². The third kappa shape index (κ3) is 3.62. The van der Waals surface area contributed by atoms with E-state index in [1.807, 2.05) is 6.20 Å². The predicted molar refractivity (Wildman–Crippen MR) is 113 cm³/mol. The molecule has 1 aromatic carbocycles. The molecule has 0 spiro atoms. The monoisotopic (exact) mass is 526 g/mol. The highest BCUT2D eigenvalue weighted by molar-refractivity contribution is 9.11. The van der Waals surface area contributed by atoms with Gasteiger partial charge in [-0.15, -0.1) is 0 Å². The molecule has 0 bridgehead atoms. The van der Waals surface area contributed by atoms with Crippen molar-refractivity contribution in [1.82, 2.24) is 9.88 Å². The van der Waals surface area contributed by atoms with E-state index in [4.69, 9.17) is 4.98 Å². The van der Waals surface area contributed by atoms with Crippen LogP contribution in [0.3, 0.4) is 0 Å². The van der Waals surface area contributed by atoms with Crippen molar-refractivity contribution < 1.29 is 0 Å². The van der Waals surface area contributed by atoms with Crippen LogP contribution in [0.1, 0.15) is 41.1 Å². The molecule has 2 heterocycles. The number of aryl methyl sites for hydroxylation is 2. The molecule has 0 radical (unpaired) electrons. The lowest BCUT2D eigenvalue weighted by molar-refractivity contribution is 0.206. The molecule has 1 saturated heterocycles. The molecule has 1 aliphatic heterocycles. The lowest BCUT2D eigenvalue weighted by Crippen LogP contribution is -2.33. The van der Waals surface area contributed by atoms with Gasteiger partial charge in [0.1, 0.15) is 0 Å². The Labute approximate surface area is 174 Å². The van der Waals surface area contributed by atoms with Gasteiger partial charge in [-0.2, -0.15) is 0 Å². The first-order chi connectivity index (χ1) is 12.0. The first-order valence-corrected chi connectivity index (χ1v) is 11.2. The number of aromatic nitrogens is 1. The average molecular weight is 529 g/mol. The maximum atomic E-state index is 4.92. The third-order valence-electron chi connectivity index (χ3n) is 5.65. The standard InChI is InChI=1S/C20H21Br3N2/c1-25-6-4-12(5-7-25)19-18-13(8-15(21)10-17(18)23)2-3-14-9-16(22)11-24-20(14)19/h8-12,19H,2-7H2,1H3. The molecule has 0 N–H and O–H groups in total. The number of fused-ring (bicyclic) bond motifs is 2. The molecule has 2 aromatic rings. The number of rotatable bonds is 1. The zero-order chi connectivity index (χ0) is 17.6. The second-order valence-electron chi connectivity index (χ2n) is 7.28. The number of halogens is 3. The van der Waals surface area contributed by atoms with Crippen LogP contribution in [-0.2, 0) is 12.8 Å². The van der Waals surface area contributed by atoms with Crippen molar-refractivity contribution in [3.63, 3.8) is 0 Å². The highest BCUT2D eigenvalue weighted by atomic mass is 79.9. The molecule has 2 aliphatic rings. The van der Waals surface area contributed by atoms with Crippen LogP contribution in [0.2, 0.25) is 0 Å². The zero-order valence-corrected chi connectivity index (χ0v) is 19.0. The van der Waals surface area contributed by atoms with E-state index in [-0.39, 0.29) is 0 Å². The molecule has 1 aliphatic carbocycles. The molecule has 1 atom stereocenters. The number of pyridine rings is 1. The fraction of sp³-hybridized carbons (Fsp3) is 0.450. The third-order valence-corrected chi connectivity index (χ3v) is 7.20. The molecule has 2 nitrogen and oxygen atoms in total. The van der Waals surface area contributed by atoms with Crippen LogP contribution in [-0.4, -0.2) is 30.0 Å². The molecule has 132 valence electrons. The lowest BCUT2D eigenvalue weighted by atomic mass is 9.76. The first kappa shape index (κ1) is 18.1. The normalized spacial score (nSPS) is 21.5. The Balaban J connectivity index is 1.87. The van der Waals surface area contributed by atoms with Crippen LogP contribution in [0, 0.1) is 5.92 Å². The van der Waals surface area contributed by atoms with Gasteiger partial charge in [-0.3, -0.25) is 4.98 Å². The molecule has 1 fully saturated rings. The molecule has 4 rings (SSSR count). The van der Waals surface area contributed by atoms with E-state index in [1.54, 1.807) is 0 Å². The smallest absolute Gasteiger partial charge is 0.0514 e. The summed E-state index contributed by atoms with van der Waals surface area (Å²) in [6, 6.07) is 6.78. The highest BCUT2D eigenvalue weighted by Crippen LogP contribution is 2.46. The van der Waals surface area contributed by atoms with E-state index in [1.165, 1.54) is 52.8 Å². The Kier molecular flexibility index (Phi) is 5.38. The number of hydrogen-bond donors (Lipinski definition) is 0. The van der Waals surface area contributed by atoms with Gasteiger partial charge >= 0.3 is 0 Å². The van der Waals surface area contributed by atoms with Gasteiger partial charge in [-0.05, 0) is 103 Å². The Morgan fingerprint density at radius 2 is 1.64 bits per heavy atom. The molecular formula is C20H21Br3N2. The van der Waals surface area contributed by atoms with Gasteiger partial charge in [0, 0.05) is 25.5 Å². The summed E-state index contributed by atoms with van der Waals surface area (Å²) in [5.74, 6) is 1.04. The fourth-order valence-electron chi connectivity index (χ4n) is 4.39. The van der Waals surface area contributed by atoms with E-state index in [0.29, 0.717) is 11.8 Å². The van der Waals surface area contributed by atoms with Crippen LogP contribution in [0.5, 0.6) is 0 Å². The van der Waals surface area contributed by atoms with Gasteiger partial charge in [0.2, 0.25) is 0 Å². The second-order valence-corrected chi connectivity index (χ2v) is 9.96. The van der Waals surface area contributed by atoms with Crippen LogP contribution < -0.4 is 0 Å². The van der Waals surface area contributed by atoms with E-state index in [0.717, 1.165) is 21.8 Å². The maximum Gasteiger partial charge on any atom is 0.0514 e. The van der Waals surface area contributed by atoms with Gasteiger partial charge < -0.3 is 4.90 Å². The van der Waals surface area contributed by atoms with Crippen molar-refractivity contribution in [2.24, 2.45) is 5.92 Å². The largest absolute Gasteiger partial charge is 0.306 e. The molecule has 1 unspecified atom stereocenters. The summed E-state index contributed by atoms with van der Waals surface area (Å²) in [5, 5.41) is 0. The number of likely N-dealkylation sites (tertiary alicyclic amines) is 1. The molecule has 0 amide bonds. The summed E-state index contributed by atoms with van der Waals surface area (Å²) in [4.78, 5) is 7.37. The van der Waals surface area contributed by atoms with Crippen LogP contribution >= 0.6 is 47.8 Å². The van der Waals surface area contributed by atoms with Crippen molar-refractivity contribution in [3.8, 4) is 0 Å². The summed E-state index contributed by atoms with van der Waals surface area (Å²) in [6.45, 7) is 2.35.